The fourth-order valence-electron chi connectivity index (χ4n) is 2.46. The van der Waals surface area contributed by atoms with Gasteiger partial charge in [-0.2, -0.15) is 0 Å². The summed E-state index contributed by atoms with van der Waals surface area (Å²) in [5.41, 5.74) is 6.04. The first-order valence-electron chi connectivity index (χ1n) is 6.78. The van der Waals surface area contributed by atoms with E-state index in [0.717, 1.165) is 19.3 Å². The highest BCUT2D eigenvalue weighted by molar-refractivity contribution is 5.82. The summed E-state index contributed by atoms with van der Waals surface area (Å²) in [5, 5.41) is 0. The largest absolute Gasteiger partial charge is 0.335 e. The zero-order chi connectivity index (χ0) is 12.8. The lowest BCUT2D eigenvalue weighted by Crippen LogP contribution is -2.50. The minimum Gasteiger partial charge on any atom is -0.335 e. The molecule has 0 spiro atoms. The fraction of sp³-hybridized carbons (Fsp3) is 0.786. The van der Waals surface area contributed by atoms with E-state index in [1.54, 1.807) is 6.08 Å². The quantitative estimate of drug-likeness (QED) is 0.722. The van der Waals surface area contributed by atoms with Crippen LogP contribution in [0, 0.1) is 5.92 Å². The second-order valence-electron chi connectivity index (χ2n) is 5.13. The molecule has 1 aliphatic rings. The molecule has 3 nitrogen and oxygen atoms in total. The minimum atomic E-state index is -0.361. The third-order valence-corrected chi connectivity index (χ3v) is 3.92. The topological polar surface area (TPSA) is 46.3 Å². The summed E-state index contributed by atoms with van der Waals surface area (Å²) in [4.78, 5) is 14.3. The lowest BCUT2D eigenvalue weighted by molar-refractivity contribution is -0.135. The highest BCUT2D eigenvalue weighted by Gasteiger charge is 2.30. The van der Waals surface area contributed by atoms with E-state index in [2.05, 4.69) is 13.5 Å². The Morgan fingerprint density at radius 1 is 1.53 bits per heavy atom. The molecule has 17 heavy (non-hydrogen) atoms. The fourth-order valence-corrected chi connectivity index (χ4v) is 2.46. The number of nitrogens with zero attached hydrogens (tertiary/aromatic N) is 1. The Kier molecular flexibility index (Phi) is 5.69. The summed E-state index contributed by atoms with van der Waals surface area (Å²) < 4.78 is 0. The van der Waals surface area contributed by atoms with Crippen molar-refractivity contribution in [2.45, 2.75) is 58.0 Å². The van der Waals surface area contributed by atoms with Crippen molar-refractivity contribution in [3.63, 3.8) is 0 Å². The van der Waals surface area contributed by atoms with E-state index in [1.165, 1.54) is 12.8 Å². The van der Waals surface area contributed by atoms with E-state index in [1.807, 2.05) is 11.8 Å². The molecule has 1 rings (SSSR count). The smallest absolute Gasteiger partial charge is 0.240 e. The number of nitrogens with two attached hydrogens (primary N) is 1. The van der Waals surface area contributed by atoms with Crippen LogP contribution in [0.1, 0.15) is 46.0 Å². The van der Waals surface area contributed by atoms with Crippen LogP contribution in [-0.2, 0) is 4.79 Å². The molecule has 2 atom stereocenters. The maximum Gasteiger partial charge on any atom is 0.240 e. The van der Waals surface area contributed by atoms with E-state index in [-0.39, 0.29) is 17.9 Å². The number of amides is 1. The van der Waals surface area contributed by atoms with Crippen LogP contribution in [0.2, 0.25) is 0 Å². The van der Waals surface area contributed by atoms with Crippen molar-refractivity contribution in [2.75, 3.05) is 6.54 Å². The van der Waals surface area contributed by atoms with Crippen LogP contribution >= 0.6 is 0 Å². The molecule has 1 fully saturated rings. The van der Waals surface area contributed by atoms with E-state index >= 15 is 0 Å². The Morgan fingerprint density at radius 3 is 2.59 bits per heavy atom. The first-order valence-corrected chi connectivity index (χ1v) is 6.78. The number of rotatable bonds is 6. The van der Waals surface area contributed by atoms with Gasteiger partial charge < -0.3 is 10.6 Å². The van der Waals surface area contributed by atoms with Gasteiger partial charge >= 0.3 is 0 Å². The number of carbonyl (C=O) groups is 1. The van der Waals surface area contributed by atoms with Crippen LogP contribution in [0.4, 0.5) is 0 Å². The van der Waals surface area contributed by atoms with Gasteiger partial charge in [-0.25, -0.2) is 0 Å². The molecule has 0 radical (unpaired) electrons. The monoisotopic (exact) mass is 238 g/mol. The summed E-state index contributed by atoms with van der Waals surface area (Å²) in [6, 6.07) is 0.0242. The standard InChI is InChI=1S/C14H26N2O/c1-4-10-16(12-8-6-7-9-12)14(17)13(15)11(3)5-2/h4,11-13H,1,5-10,15H2,2-3H3/t11?,13-/m0/s1. The molecule has 1 aliphatic carbocycles. The molecule has 0 bridgehead atoms. The SMILES string of the molecule is C=CCN(C(=O)[C@@H](N)C(C)CC)C1CCCC1. The first-order chi connectivity index (χ1) is 8.11. The van der Waals surface area contributed by atoms with E-state index in [9.17, 15) is 4.79 Å². The van der Waals surface area contributed by atoms with Crippen LogP contribution < -0.4 is 5.73 Å². The van der Waals surface area contributed by atoms with Crippen LogP contribution in [0.15, 0.2) is 12.7 Å². The first kappa shape index (κ1) is 14.2. The molecule has 1 amide bonds. The van der Waals surface area contributed by atoms with Crippen molar-refractivity contribution < 1.29 is 4.79 Å². The third-order valence-electron chi connectivity index (χ3n) is 3.92. The lowest BCUT2D eigenvalue weighted by Gasteiger charge is -2.32. The Morgan fingerprint density at radius 2 is 2.12 bits per heavy atom. The summed E-state index contributed by atoms with van der Waals surface area (Å²) in [6.07, 6.45) is 7.44. The molecule has 0 saturated heterocycles. The predicted octanol–water partition coefficient (Wildman–Crippen LogP) is 2.32. The highest BCUT2D eigenvalue weighted by atomic mass is 16.2. The van der Waals surface area contributed by atoms with Crippen LogP contribution in [0.3, 0.4) is 0 Å². The molecule has 1 unspecified atom stereocenters. The second kappa shape index (κ2) is 6.80. The molecular weight excluding hydrogens is 212 g/mol. The van der Waals surface area contributed by atoms with E-state index in [0.29, 0.717) is 12.6 Å². The Bertz CT molecular complexity index is 259. The van der Waals surface area contributed by atoms with Crippen molar-refractivity contribution in [2.24, 2.45) is 11.7 Å². The van der Waals surface area contributed by atoms with Gasteiger partial charge in [0.2, 0.25) is 5.91 Å². The van der Waals surface area contributed by atoms with Gasteiger partial charge in [0, 0.05) is 12.6 Å². The van der Waals surface area contributed by atoms with E-state index in [4.69, 9.17) is 5.73 Å². The maximum atomic E-state index is 12.4. The molecular formula is C14H26N2O. The average molecular weight is 238 g/mol. The zero-order valence-corrected chi connectivity index (χ0v) is 11.2. The summed E-state index contributed by atoms with van der Waals surface area (Å²) >= 11 is 0. The molecule has 0 aromatic rings. The average Bonchev–Trinajstić information content (AvgIpc) is 2.86. The molecule has 1 saturated carbocycles. The van der Waals surface area contributed by atoms with Gasteiger partial charge in [-0.05, 0) is 18.8 Å². The number of hydrogen-bond donors (Lipinski definition) is 1. The number of carbonyl (C=O) groups excluding carboxylic acids is 1. The summed E-state index contributed by atoms with van der Waals surface area (Å²) in [7, 11) is 0. The third kappa shape index (κ3) is 3.56. The molecule has 0 heterocycles. The lowest BCUT2D eigenvalue weighted by atomic mass is 9.98. The summed E-state index contributed by atoms with van der Waals surface area (Å²) in [6.45, 7) is 8.50. The van der Waals surface area contributed by atoms with Gasteiger partial charge in [0.25, 0.3) is 0 Å². The minimum absolute atomic E-state index is 0.103. The van der Waals surface area contributed by atoms with Gasteiger partial charge in [0.15, 0.2) is 0 Å². The normalized spacial score (nSPS) is 19.9. The van der Waals surface area contributed by atoms with Crippen molar-refractivity contribution in [3.8, 4) is 0 Å². The summed E-state index contributed by atoms with van der Waals surface area (Å²) in [5.74, 6) is 0.349. The predicted molar refractivity (Wildman–Crippen MR) is 71.6 cm³/mol. The molecule has 98 valence electrons. The van der Waals surface area contributed by atoms with Gasteiger partial charge in [-0.15, -0.1) is 6.58 Å². The zero-order valence-electron chi connectivity index (χ0n) is 11.2. The van der Waals surface area contributed by atoms with Crippen LogP contribution in [0.25, 0.3) is 0 Å². The second-order valence-corrected chi connectivity index (χ2v) is 5.13. The maximum absolute atomic E-state index is 12.4. The van der Waals surface area contributed by atoms with Gasteiger partial charge in [0.1, 0.15) is 0 Å². The molecule has 0 aromatic carbocycles. The van der Waals surface area contributed by atoms with E-state index < -0.39 is 0 Å². The van der Waals surface area contributed by atoms with Crippen molar-refractivity contribution >= 4 is 5.91 Å². The Balaban J connectivity index is 2.68. The molecule has 3 heteroatoms. The van der Waals surface area contributed by atoms with Crippen LogP contribution in [0.5, 0.6) is 0 Å². The Labute approximate surface area is 105 Å². The highest BCUT2D eigenvalue weighted by Crippen LogP contribution is 2.24. The van der Waals surface area contributed by atoms with Crippen molar-refractivity contribution in [3.05, 3.63) is 12.7 Å². The number of hydrogen-bond acceptors (Lipinski definition) is 2. The molecule has 0 aromatic heterocycles. The van der Waals surface area contributed by atoms with Gasteiger partial charge in [-0.1, -0.05) is 39.2 Å². The van der Waals surface area contributed by atoms with Gasteiger partial charge in [0.05, 0.1) is 6.04 Å². The Hall–Kier alpha value is -0.830. The molecule has 2 N–H and O–H groups in total. The van der Waals surface area contributed by atoms with Crippen molar-refractivity contribution in [1.82, 2.24) is 4.90 Å². The van der Waals surface area contributed by atoms with Crippen LogP contribution in [-0.4, -0.2) is 29.4 Å². The molecule has 0 aliphatic heterocycles. The van der Waals surface area contributed by atoms with Crippen molar-refractivity contribution in [1.29, 1.82) is 0 Å². The van der Waals surface area contributed by atoms with Gasteiger partial charge in [-0.3, -0.25) is 4.79 Å².